The number of carbonyl (C=O) groups is 1. The van der Waals surface area contributed by atoms with Crippen LogP contribution in [0.15, 0.2) is 24.3 Å². The van der Waals surface area contributed by atoms with Gasteiger partial charge in [-0.2, -0.15) is 5.26 Å². The lowest BCUT2D eigenvalue weighted by molar-refractivity contribution is 0.252. The van der Waals surface area contributed by atoms with Crippen LogP contribution >= 0.6 is 0 Å². The lowest BCUT2D eigenvalue weighted by Crippen LogP contribution is -2.38. The quantitative estimate of drug-likeness (QED) is 0.578. The minimum Gasteiger partial charge on any atom is -0.337 e. The molecule has 2 rings (SSSR count). The van der Waals surface area contributed by atoms with E-state index in [1.807, 2.05) is 0 Å². The zero-order chi connectivity index (χ0) is 15.6. The van der Waals surface area contributed by atoms with Crippen molar-refractivity contribution in [2.75, 3.05) is 18.4 Å². The molecule has 5 nitrogen and oxygen atoms in total. The summed E-state index contributed by atoms with van der Waals surface area (Å²) in [5, 5.41) is 17.9. The van der Waals surface area contributed by atoms with E-state index in [4.69, 9.17) is 5.26 Å². The van der Waals surface area contributed by atoms with E-state index in [9.17, 15) is 4.79 Å². The predicted octanol–water partition coefficient (Wildman–Crippen LogP) is 2.99. The van der Waals surface area contributed by atoms with Crippen molar-refractivity contribution >= 4 is 11.7 Å². The monoisotopic (exact) mass is 300 g/mol. The van der Waals surface area contributed by atoms with E-state index in [0.29, 0.717) is 23.8 Å². The van der Waals surface area contributed by atoms with E-state index in [0.717, 1.165) is 6.54 Å². The molecular weight excluding hydrogens is 276 g/mol. The van der Waals surface area contributed by atoms with Crippen molar-refractivity contribution in [2.24, 2.45) is 0 Å². The Morgan fingerprint density at radius 2 is 1.95 bits per heavy atom. The second-order valence-electron chi connectivity index (χ2n) is 5.72. The number of nitrogens with one attached hydrogen (secondary N) is 3. The van der Waals surface area contributed by atoms with Gasteiger partial charge in [0.15, 0.2) is 0 Å². The molecule has 1 aliphatic carbocycles. The van der Waals surface area contributed by atoms with Crippen LogP contribution in [0.5, 0.6) is 0 Å². The third-order valence-electron chi connectivity index (χ3n) is 3.95. The number of carbonyl (C=O) groups excluding carboxylic acids is 1. The highest BCUT2D eigenvalue weighted by molar-refractivity contribution is 5.89. The smallest absolute Gasteiger partial charge is 0.319 e. The largest absolute Gasteiger partial charge is 0.337 e. The van der Waals surface area contributed by atoms with Gasteiger partial charge in [-0.15, -0.1) is 0 Å². The molecule has 1 aromatic rings. The summed E-state index contributed by atoms with van der Waals surface area (Å²) >= 11 is 0. The molecule has 22 heavy (non-hydrogen) atoms. The third-order valence-corrected chi connectivity index (χ3v) is 3.95. The molecule has 0 saturated heterocycles. The molecule has 5 heteroatoms. The summed E-state index contributed by atoms with van der Waals surface area (Å²) in [6.07, 6.45) is 7.79. The molecule has 1 aromatic carbocycles. The third kappa shape index (κ3) is 5.74. The average Bonchev–Trinajstić information content (AvgIpc) is 2.80. The number of nitriles is 1. The molecule has 0 atom stereocenters. The van der Waals surface area contributed by atoms with Crippen LogP contribution in [0.25, 0.3) is 0 Å². The lowest BCUT2D eigenvalue weighted by atomic mass is 10.1. The first kappa shape index (κ1) is 16.3. The number of benzene rings is 1. The van der Waals surface area contributed by atoms with Gasteiger partial charge in [0.25, 0.3) is 0 Å². The fraction of sp³-hybridized carbons (Fsp3) is 0.529. The zero-order valence-electron chi connectivity index (χ0n) is 12.9. The minimum atomic E-state index is -0.238. The van der Waals surface area contributed by atoms with Crippen molar-refractivity contribution in [1.29, 1.82) is 5.26 Å². The maximum absolute atomic E-state index is 11.8. The average molecular weight is 300 g/mol. The summed E-state index contributed by atoms with van der Waals surface area (Å²) in [4.78, 5) is 11.8. The molecule has 1 saturated carbocycles. The number of rotatable bonds is 5. The molecule has 0 aliphatic heterocycles. The number of anilines is 1. The summed E-state index contributed by atoms with van der Waals surface area (Å²) in [7, 11) is 0. The van der Waals surface area contributed by atoms with Gasteiger partial charge in [-0.05, 0) is 31.0 Å². The van der Waals surface area contributed by atoms with Crippen molar-refractivity contribution < 1.29 is 4.79 Å². The summed E-state index contributed by atoms with van der Waals surface area (Å²) in [6, 6.07) is 9.30. The van der Waals surface area contributed by atoms with E-state index in [2.05, 4.69) is 22.0 Å². The molecule has 2 amide bonds. The van der Waals surface area contributed by atoms with Crippen molar-refractivity contribution in [1.82, 2.24) is 10.6 Å². The van der Waals surface area contributed by atoms with Crippen molar-refractivity contribution in [3.05, 3.63) is 29.8 Å². The molecule has 0 heterocycles. The van der Waals surface area contributed by atoms with Crippen LogP contribution < -0.4 is 16.0 Å². The van der Waals surface area contributed by atoms with E-state index >= 15 is 0 Å². The Labute approximate surface area is 132 Å². The fourth-order valence-electron chi connectivity index (χ4n) is 2.78. The number of amides is 2. The molecule has 0 bridgehead atoms. The van der Waals surface area contributed by atoms with Gasteiger partial charge in [0, 0.05) is 24.8 Å². The maximum Gasteiger partial charge on any atom is 0.319 e. The molecule has 3 N–H and O–H groups in total. The summed E-state index contributed by atoms with van der Waals surface area (Å²) in [5.41, 5.74) is 1.17. The first-order valence-corrected chi connectivity index (χ1v) is 8.06. The van der Waals surface area contributed by atoms with Gasteiger partial charge < -0.3 is 16.0 Å². The number of hydrogen-bond acceptors (Lipinski definition) is 3. The molecule has 0 aromatic heterocycles. The Kier molecular flexibility index (Phi) is 6.72. The van der Waals surface area contributed by atoms with Crippen LogP contribution in [0.1, 0.15) is 44.1 Å². The standard InChI is InChI=1S/C17H24N4O/c18-13-14-6-5-9-16(12-14)21-17(22)20-11-10-19-15-7-3-1-2-4-8-15/h5-6,9,12,15,19H,1-4,7-8,10-11H2,(H2,20,21,22). The Bertz CT molecular complexity index is 516. The predicted molar refractivity (Wildman–Crippen MR) is 87.7 cm³/mol. The van der Waals surface area contributed by atoms with Gasteiger partial charge in [0.05, 0.1) is 11.6 Å². The van der Waals surface area contributed by atoms with Crippen LogP contribution in [0.3, 0.4) is 0 Å². The first-order valence-electron chi connectivity index (χ1n) is 8.06. The second kappa shape index (κ2) is 9.06. The first-order chi connectivity index (χ1) is 10.8. The fourth-order valence-corrected chi connectivity index (χ4v) is 2.78. The van der Waals surface area contributed by atoms with Crippen LogP contribution in [0.2, 0.25) is 0 Å². The van der Waals surface area contributed by atoms with Gasteiger partial charge >= 0.3 is 6.03 Å². The van der Waals surface area contributed by atoms with Crippen molar-refractivity contribution in [3.63, 3.8) is 0 Å². The van der Waals surface area contributed by atoms with Crippen LogP contribution in [-0.2, 0) is 0 Å². The van der Waals surface area contributed by atoms with Crippen molar-refractivity contribution in [2.45, 2.75) is 44.6 Å². The highest BCUT2D eigenvalue weighted by Crippen LogP contribution is 2.16. The molecule has 0 unspecified atom stereocenters. The number of hydrogen-bond donors (Lipinski definition) is 3. The molecule has 1 fully saturated rings. The molecule has 118 valence electrons. The summed E-state index contributed by atoms with van der Waals surface area (Å²) < 4.78 is 0. The number of nitrogens with zero attached hydrogens (tertiary/aromatic N) is 1. The minimum absolute atomic E-state index is 0.238. The van der Waals surface area contributed by atoms with E-state index < -0.39 is 0 Å². The molecule has 1 aliphatic rings. The van der Waals surface area contributed by atoms with E-state index in [-0.39, 0.29) is 6.03 Å². The highest BCUT2D eigenvalue weighted by Gasteiger charge is 2.11. The topological polar surface area (TPSA) is 77.0 Å². The highest BCUT2D eigenvalue weighted by atomic mass is 16.2. The van der Waals surface area contributed by atoms with Gasteiger partial charge in [-0.3, -0.25) is 0 Å². The summed E-state index contributed by atoms with van der Waals surface area (Å²) in [6.45, 7) is 1.39. The normalized spacial score (nSPS) is 15.6. The SMILES string of the molecule is N#Cc1cccc(NC(=O)NCCNC2CCCCCC2)c1. The Hall–Kier alpha value is -2.06. The molecule has 0 spiro atoms. The van der Waals surface area contributed by atoms with Gasteiger partial charge in [0.2, 0.25) is 0 Å². The molecule has 0 radical (unpaired) electrons. The van der Waals surface area contributed by atoms with Crippen LogP contribution in [0, 0.1) is 11.3 Å². The lowest BCUT2D eigenvalue weighted by Gasteiger charge is -2.16. The van der Waals surface area contributed by atoms with Crippen LogP contribution in [-0.4, -0.2) is 25.2 Å². The van der Waals surface area contributed by atoms with Crippen LogP contribution in [0.4, 0.5) is 10.5 Å². The zero-order valence-corrected chi connectivity index (χ0v) is 12.9. The van der Waals surface area contributed by atoms with Gasteiger partial charge in [0.1, 0.15) is 0 Å². The van der Waals surface area contributed by atoms with Crippen molar-refractivity contribution in [3.8, 4) is 6.07 Å². The van der Waals surface area contributed by atoms with E-state index in [1.54, 1.807) is 24.3 Å². The molecular formula is C17H24N4O. The maximum atomic E-state index is 11.8. The Morgan fingerprint density at radius 3 is 2.68 bits per heavy atom. The Balaban J connectivity index is 1.64. The second-order valence-corrected chi connectivity index (χ2v) is 5.72. The van der Waals surface area contributed by atoms with E-state index in [1.165, 1.54) is 38.5 Å². The van der Waals surface area contributed by atoms with Gasteiger partial charge in [-0.1, -0.05) is 31.7 Å². The number of urea groups is 1. The summed E-state index contributed by atoms with van der Waals surface area (Å²) in [5.74, 6) is 0. The Morgan fingerprint density at radius 1 is 1.18 bits per heavy atom. The van der Waals surface area contributed by atoms with Gasteiger partial charge in [-0.25, -0.2) is 4.79 Å².